The molecular formula is C14H15F3O4S. The third-order valence-electron chi connectivity index (χ3n) is 2.57. The highest BCUT2D eigenvalue weighted by Gasteiger charge is 2.31. The van der Waals surface area contributed by atoms with Crippen molar-refractivity contribution in [3.63, 3.8) is 0 Å². The molecule has 1 unspecified atom stereocenters. The summed E-state index contributed by atoms with van der Waals surface area (Å²) in [5, 5.41) is -0.704. The molecule has 0 aliphatic rings. The molecule has 0 amide bonds. The van der Waals surface area contributed by atoms with E-state index in [0.717, 1.165) is 12.1 Å². The number of ketones is 1. The molecule has 0 aliphatic heterocycles. The summed E-state index contributed by atoms with van der Waals surface area (Å²) in [4.78, 5) is 22.7. The first-order chi connectivity index (χ1) is 10.2. The number of benzene rings is 1. The van der Waals surface area contributed by atoms with Gasteiger partial charge >= 0.3 is 12.3 Å². The van der Waals surface area contributed by atoms with Crippen molar-refractivity contribution in [3.8, 4) is 5.75 Å². The van der Waals surface area contributed by atoms with E-state index >= 15 is 0 Å². The van der Waals surface area contributed by atoms with E-state index in [9.17, 15) is 22.8 Å². The first-order valence-electron chi connectivity index (χ1n) is 6.27. The van der Waals surface area contributed by atoms with Gasteiger partial charge in [0.15, 0.2) is 0 Å². The Balaban J connectivity index is 2.81. The number of alkyl halides is 3. The molecule has 8 heteroatoms. The molecule has 0 N–H and O–H groups in total. The molecule has 0 aliphatic carbocycles. The number of ether oxygens (including phenoxy) is 2. The summed E-state index contributed by atoms with van der Waals surface area (Å²) in [7, 11) is 1.22. The molecule has 0 heterocycles. The molecule has 0 aromatic heterocycles. The SMILES string of the molecule is COC(=O)C(SCCC(C)=O)c1ccc(OC(F)(F)F)cc1. The lowest BCUT2D eigenvalue weighted by Crippen LogP contribution is -2.17. The monoisotopic (exact) mass is 336 g/mol. The molecule has 0 radical (unpaired) electrons. The van der Waals surface area contributed by atoms with Gasteiger partial charge < -0.3 is 9.47 Å². The van der Waals surface area contributed by atoms with Crippen LogP contribution in [0.3, 0.4) is 0 Å². The lowest BCUT2D eigenvalue weighted by Gasteiger charge is -2.15. The molecular weight excluding hydrogens is 321 g/mol. The van der Waals surface area contributed by atoms with Crippen molar-refractivity contribution in [1.82, 2.24) is 0 Å². The zero-order valence-electron chi connectivity index (χ0n) is 12.0. The number of methoxy groups -OCH3 is 1. The fourth-order valence-corrected chi connectivity index (χ4v) is 2.80. The molecule has 22 heavy (non-hydrogen) atoms. The molecule has 122 valence electrons. The predicted molar refractivity (Wildman–Crippen MR) is 75.6 cm³/mol. The van der Waals surface area contributed by atoms with Crippen LogP contribution in [0, 0.1) is 0 Å². The number of Topliss-reactive ketones (excluding diaryl/α,β-unsaturated/α-hetero) is 1. The average Bonchev–Trinajstić information content (AvgIpc) is 2.42. The third kappa shape index (κ3) is 6.38. The van der Waals surface area contributed by atoms with E-state index in [1.54, 1.807) is 0 Å². The quantitative estimate of drug-likeness (QED) is 0.713. The van der Waals surface area contributed by atoms with Crippen LogP contribution in [0.2, 0.25) is 0 Å². The molecule has 0 spiro atoms. The Morgan fingerprint density at radius 3 is 2.27 bits per heavy atom. The lowest BCUT2D eigenvalue weighted by molar-refractivity contribution is -0.274. The molecule has 0 fully saturated rings. The minimum absolute atomic E-state index is 0.00922. The van der Waals surface area contributed by atoms with E-state index < -0.39 is 17.6 Å². The zero-order chi connectivity index (χ0) is 16.8. The molecule has 0 saturated heterocycles. The Labute approximate surface area is 130 Å². The smallest absolute Gasteiger partial charge is 0.468 e. The van der Waals surface area contributed by atoms with Crippen LogP contribution < -0.4 is 4.74 Å². The van der Waals surface area contributed by atoms with Crippen LogP contribution >= 0.6 is 11.8 Å². The highest BCUT2D eigenvalue weighted by Crippen LogP contribution is 2.32. The highest BCUT2D eigenvalue weighted by atomic mass is 32.2. The molecule has 1 aromatic carbocycles. The van der Waals surface area contributed by atoms with Crippen molar-refractivity contribution in [2.24, 2.45) is 0 Å². The van der Waals surface area contributed by atoms with E-state index in [1.807, 2.05) is 0 Å². The molecule has 1 aromatic rings. The van der Waals surface area contributed by atoms with Crippen LogP contribution in [0.1, 0.15) is 24.2 Å². The summed E-state index contributed by atoms with van der Waals surface area (Å²) in [5.74, 6) is -0.493. The van der Waals surface area contributed by atoms with Gasteiger partial charge in [-0.15, -0.1) is 24.9 Å². The van der Waals surface area contributed by atoms with Crippen LogP contribution in [0.4, 0.5) is 13.2 Å². The predicted octanol–water partition coefficient (Wildman–Crippen LogP) is 3.51. The van der Waals surface area contributed by atoms with Gasteiger partial charge in [0.25, 0.3) is 0 Å². The summed E-state index contributed by atoms with van der Waals surface area (Å²) in [6.07, 6.45) is -4.47. The maximum Gasteiger partial charge on any atom is 0.573 e. The van der Waals surface area contributed by atoms with Gasteiger partial charge in [0.1, 0.15) is 16.8 Å². The van der Waals surface area contributed by atoms with E-state index in [1.165, 1.54) is 37.9 Å². The number of carbonyl (C=O) groups excluding carboxylic acids is 2. The molecule has 4 nitrogen and oxygen atoms in total. The first-order valence-corrected chi connectivity index (χ1v) is 7.32. The van der Waals surface area contributed by atoms with E-state index in [4.69, 9.17) is 0 Å². The molecule has 0 bridgehead atoms. The van der Waals surface area contributed by atoms with Gasteiger partial charge in [-0.25, -0.2) is 0 Å². The summed E-state index contributed by atoms with van der Waals surface area (Å²) < 4.78 is 44.7. The standard InChI is InChI=1S/C14H15F3O4S/c1-9(18)7-8-22-12(13(19)20-2)10-3-5-11(6-4-10)21-14(15,16)17/h3-6,12H,7-8H2,1-2H3. The lowest BCUT2D eigenvalue weighted by atomic mass is 10.1. The second kappa shape index (κ2) is 8.07. The van der Waals surface area contributed by atoms with Crippen LogP contribution in [0.25, 0.3) is 0 Å². The second-order valence-corrected chi connectivity index (χ2v) is 5.56. The van der Waals surface area contributed by atoms with Gasteiger partial charge in [-0.1, -0.05) is 12.1 Å². The maximum absolute atomic E-state index is 12.1. The van der Waals surface area contributed by atoms with Crippen molar-refractivity contribution in [2.45, 2.75) is 25.0 Å². The van der Waals surface area contributed by atoms with Crippen molar-refractivity contribution in [1.29, 1.82) is 0 Å². The van der Waals surface area contributed by atoms with Gasteiger partial charge in [-0.3, -0.25) is 9.59 Å². The normalized spacial score (nSPS) is 12.6. The zero-order valence-corrected chi connectivity index (χ0v) is 12.8. The van der Waals surface area contributed by atoms with Crippen molar-refractivity contribution in [2.75, 3.05) is 12.9 Å². The van der Waals surface area contributed by atoms with Crippen LogP contribution in [-0.4, -0.2) is 31.0 Å². The molecule has 1 atom stereocenters. The Bertz CT molecular complexity index is 514. The Hall–Kier alpha value is -1.70. The maximum atomic E-state index is 12.1. The van der Waals surface area contributed by atoms with Crippen molar-refractivity contribution < 1.29 is 32.2 Å². The highest BCUT2D eigenvalue weighted by molar-refractivity contribution is 8.00. The number of carbonyl (C=O) groups is 2. The van der Waals surface area contributed by atoms with Gasteiger partial charge in [0.2, 0.25) is 0 Å². The minimum Gasteiger partial charge on any atom is -0.468 e. The van der Waals surface area contributed by atoms with Crippen LogP contribution in [0.5, 0.6) is 5.75 Å². The van der Waals surface area contributed by atoms with E-state index in [0.29, 0.717) is 17.7 Å². The average molecular weight is 336 g/mol. The van der Waals surface area contributed by atoms with Gasteiger partial charge in [-0.05, 0) is 24.6 Å². The number of halogens is 3. The minimum atomic E-state index is -4.76. The van der Waals surface area contributed by atoms with Crippen LogP contribution in [0.15, 0.2) is 24.3 Å². The fourth-order valence-electron chi connectivity index (χ4n) is 1.57. The van der Waals surface area contributed by atoms with Crippen molar-refractivity contribution >= 4 is 23.5 Å². The second-order valence-electron chi connectivity index (χ2n) is 4.34. The molecule has 1 rings (SSSR count). The molecule has 0 saturated carbocycles. The Morgan fingerprint density at radius 1 is 1.23 bits per heavy atom. The number of thioether (sulfide) groups is 1. The van der Waals surface area contributed by atoms with E-state index in [-0.39, 0.29) is 11.5 Å². The number of hydrogen-bond acceptors (Lipinski definition) is 5. The fraction of sp³-hybridized carbons (Fsp3) is 0.429. The number of rotatable bonds is 7. The summed E-state index contributed by atoms with van der Waals surface area (Å²) in [6.45, 7) is 1.44. The van der Waals surface area contributed by atoms with Crippen LogP contribution in [-0.2, 0) is 14.3 Å². The van der Waals surface area contributed by atoms with Gasteiger partial charge in [-0.2, -0.15) is 0 Å². The Morgan fingerprint density at radius 2 is 1.82 bits per heavy atom. The number of hydrogen-bond donors (Lipinski definition) is 0. The summed E-state index contributed by atoms with van der Waals surface area (Å²) in [5.41, 5.74) is 0.481. The van der Waals surface area contributed by atoms with Crippen molar-refractivity contribution in [3.05, 3.63) is 29.8 Å². The largest absolute Gasteiger partial charge is 0.573 e. The summed E-state index contributed by atoms with van der Waals surface area (Å²) >= 11 is 1.20. The number of esters is 1. The Kier molecular flexibility index (Phi) is 6.73. The van der Waals surface area contributed by atoms with E-state index in [2.05, 4.69) is 9.47 Å². The third-order valence-corrected chi connectivity index (χ3v) is 3.81. The summed E-state index contributed by atoms with van der Waals surface area (Å²) in [6, 6.07) is 4.99. The van der Waals surface area contributed by atoms with Gasteiger partial charge in [0, 0.05) is 12.2 Å². The van der Waals surface area contributed by atoms with Gasteiger partial charge in [0.05, 0.1) is 7.11 Å². The topological polar surface area (TPSA) is 52.6 Å². The first kappa shape index (κ1) is 18.3.